The second-order valence-electron chi connectivity index (χ2n) is 9.63. The van der Waals surface area contributed by atoms with Crippen LogP contribution in [0.1, 0.15) is 27.7 Å². The summed E-state index contributed by atoms with van der Waals surface area (Å²) >= 11 is 0. The second-order valence-corrected chi connectivity index (χ2v) is 9.63. The average Bonchev–Trinajstić information content (AvgIpc) is 2.92. The minimum absolute atomic E-state index is 0. The monoisotopic (exact) mass is 974 g/mol. The molecule has 0 aliphatic rings. The molecule has 2 aromatic heterocycles. The summed E-state index contributed by atoms with van der Waals surface area (Å²) in [6.45, 7) is 6.20. The maximum absolute atomic E-state index is 13.2. The van der Waals surface area contributed by atoms with Crippen molar-refractivity contribution in [3.63, 3.8) is 0 Å². The van der Waals surface area contributed by atoms with Gasteiger partial charge in [0.05, 0.1) is 24.4 Å². The fourth-order valence-electron chi connectivity index (χ4n) is 4.40. The molecule has 4 atom stereocenters. The van der Waals surface area contributed by atoms with E-state index in [9.17, 15) is 38.0 Å². The number of aliphatic hydroxyl groups excluding tert-OH is 4. The molecule has 4 unspecified atom stereocenters. The van der Waals surface area contributed by atoms with Gasteiger partial charge in [0.15, 0.2) is 0 Å². The Kier molecular flexibility index (Phi) is 19.5. The summed E-state index contributed by atoms with van der Waals surface area (Å²) in [5.41, 5.74) is 1.27. The van der Waals surface area contributed by atoms with E-state index in [0.717, 1.165) is 24.3 Å². The molecule has 0 spiro atoms. The molecule has 4 N–H and O–H groups in total. The Bertz CT molecular complexity index is 1250. The minimum Gasteiger partial charge on any atom is -0.393 e. The fourth-order valence-corrected chi connectivity index (χ4v) is 4.40. The molecule has 2 aromatic carbocycles. The predicted molar refractivity (Wildman–Crippen MR) is 151 cm³/mol. The molecule has 4 rings (SSSR count). The Labute approximate surface area is 282 Å². The van der Waals surface area contributed by atoms with Gasteiger partial charge in [-0.2, -0.15) is 0 Å². The van der Waals surface area contributed by atoms with Crippen molar-refractivity contribution in [2.75, 3.05) is 0 Å². The topological polar surface area (TPSA) is 107 Å². The normalized spacial score (nSPS) is 14.4. The summed E-state index contributed by atoms with van der Waals surface area (Å²) < 4.78 is 51.6. The molecule has 44 heavy (non-hydrogen) atoms. The zero-order valence-corrected chi connectivity index (χ0v) is 28.9. The van der Waals surface area contributed by atoms with Crippen molar-refractivity contribution in [3.05, 3.63) is 108 Å². The third-order valence-electron chi connectivity index (χ3n) is 6.23. The third-order valence-corrected chi connectivity index (χ3v) is 6.23. The number of aliphatic hydroxyl groups is 4. The third kappa shape index (κ3) is 12.9. The molecule has 0 bridgehead atoms. The smallest absolute Gasteiger partial charge is 0.0569 e. The van der Waals surface area contributed by atoms with Gasteiger partial charge in [-0.25, -0.2) is 0 Å². The van der Waals surface area contributed by atoms with Gasteiger partial charge in [0.1, 0.15) is 0 Å². The molecule has 0 fully saturated rings. The first-order chi connectivity index (χ1) is 19.8. The largest absolute Gasteiger partial charge is 0.393 e. The standard InChI is InChI=1S/2C11H6F2N.C10H22O4.Ir.Pt/c2*12-8-4-5-9(10(13)7-8)11-3-1-2-6-14-11;1-5(11)9(6(2)12)10(7(3)13)8(4)14;;/h2*1-4,6-7H;5-14H,1-4H3;;/q2*-1;;;. The molecule has 0 aliphatic heterocycles. The molecule has 245 valence electrons. The van der Waals surface area contributed by atoms with Crippen molar-refractivity contribution in [1.29, 1.82) is 0 Å². The molecule has 0 aliphatic carbocycles. The van der Waals surface area contributed by atoms with Crippen LogP contribution in [0.5, 0.6) is 0 Å². The number of benzene rings is 2. The Balaban J connectivity index is 0.000000616. The molecule has 12 heteroatoms. The van der Waals surface area contributed by atoms with E-state index in [1.165, 1.54) is 0 Å². The predicted octanol–water partition coefficient (Wildman–Crippen LogP) is 5.39. The number of rotatable bonds is 7. The van der Waals surface area contributed by atoms with Gasteiger partial charge in [-0.3, -0.25) is 17.6 Å². The van der Waals surface area contributed by atoms with Crippen LogP contribution >= 0.6 is 0 Å². The van der Waals surface area contributed by atoms with Gasteiger partial charge < -0.3 is 30.4 Å². The van der Waals surface area contributed by atoms with Crippen molar-refractivity contribution in [3.8, 4) is 22.5 Å². The van der Waals surface area contributed by atoms with E-state index >= 15 is 0 Å². The first-order valence-electron chi connectivity index (χ1n) is 13.1. The Morgan fingerprint density at radius 1 is 0.591 bits per heavy atom. The molecule has 0 saturated heterocycles. The van der Waals surface area contributed by atoms with Crippen molar-refractivity contribution in [1.82, 2.24) is 9.97 Å². The SMILES string of the molecule is CC(O)C(C(C)O)C(C(C)O)C(C)O.Fc1c[c-]c(-c2ccccn2)c(F)c1.Fc1c[c-]c(-c2ccccn2)c(F)c1.[Ir].[Pt]. The van der Waals surface area contributed by atoms with Gasteiger partial charge >= 0.3 is 0 Å². The van der Waals surface area contributed by atoms with Crippen LogP contribution in [0, 0.1) is 47.2 Å². The molecular formula is C32H34F4IrN2O4Pt-2. The van der Waals surface area contributed by atoms with E-state index in [1.54, 1.807) is 76.5 Å². The second kappa shape index (κ2) is 20.6. The quantitative estimate of drug-likeness (QED) is 0.146. The summed E-state index contributed by atoms with van der Waals surface area (Å²) in [6, 6.07) is 19.1. The first kappa shape index (κ1) is 41.6. The molecule has 0 amide bonds. The minimum atomic E-state index is -0.760. The summed E-state index contributed by atoms with van der Waals surface area (Å²) in [6.07, 6.45) is 0.0552. The fraction of sp³-hybridized carbons (Fsp3) is 0.312. The van der Waals surface area contributed by atoms with Crippen LogP contribution in [-0.2, 0) is 41.2 Å². The van der Waals surface area contributed by atoms with E-state index in [4.69, 9.17) is 0 Å². The Morgan fingerprint density at radius 2 is 0.909 bits per heavy atom. The molecule has 0 saturated carbocycles. The molecule has 6 nitrogen and oxygen atoms in total. The van der Waals surface area contributed by atoms with Gasteiger partial charge in [-0.15, -0.1) is 24.3 Å². The van der Waals surface area contributed by atoms with Crippen LogP contribution in [-0.4, -0.2) is 54.8 Å². The van der Waals surface area contributed by atoms with Crippen LogP contribution in [0.25, 0.3) is 22.5 Å². The zero-order valence-electron chi connectivity index (χ0n) is 24.2. The van der Waals surface area contributed by atoms with Crippen molar-refractivity contribution < 1.29 is 79.2 Å². The van der Waals surface area contributed by atoms with E-state index in [0.29, 0.717) is 11.4 Å². The van der Waals surface area contributed by atoms with Gasteiger partial charge in [-0.1, -0.05) is 47.5 Å². The molecule has 1 radical (unpaired) electrons. The zero-order chi connectivity index (χ0) is 31.4. The summed E-state index contributed by atoms with van der Waals surface area (Å²) in [7, 11) is 0. The van der Waals surface area contributed by atoms with Crippen molar-refractivity contribution in [2.24, 2.45) is 11.8 Å². The summed E-state index contributed by atoms with van der Waals surface area (Å²) in [4.78, 5) is 7.89. The van der Waals surface area contributed by atoms with Crippen LogP contribution in [0.15, 0.2) is 73.1 Å². The van der Waals surface area contributed by atoms with Gasteiger partial charge in [-0.05, 0) is 51.2 Å². The van der Waals surface area contributed by atoms with Crippen LogP contribution in [0.4, 0.5) is 17.6 Å². The Hall–Kier alpha value is -2.36. The number of hydrogen-bond donors (Lipinski definition) is 4. The maximum Gasteiger partial charge on any atom is 0.0569 e. The number of hydrogen-bond acceptors (Lipinski definition) is 6. The van der Waals surface area contributed by atoms with Gasteiger partial charge in [0.25, 0.3) is 0 Å². The molecule has 2 heterocycles. The van der Waals surface area contributed by atoms with Crippen LogP contribution in [0.3, 0.4) is 0 Å². The van der Waals surface area contributed by atoms with E-state index in [1.807, 2.05) is 0 Å². The van der Waals surface area contributed by atoms with Crippen LogP contribution < -0.4 is 0 Å². The number of halogens is 4. The summed E-state index contributed by atoms with van der Waals surface area (Å²) in [5, 5.41) is 37.9. The average molecular weight is 974 g/mol. The Morgan fingerprint density at radius 3 is 1.14 bits per heavy atom. The summed E-state index contributed by atoms with van der Waals surface area (Å²) in [5.74, 6) is -3.61. The molecule has 4 aromatic rings. The molecular weight excluding hydrogens is 940 g/mol. The van der Waals surface area contributed by atoms with Crippen molar-refractivity contribution >= 4 is 0 Å². The van der Waals surface area contributed by atoms with E-state index in [2.05, 4.69) is 22.1 Å². The van der Waals surface area contributed by atoms with Crippen molar-refractivity contribution in [2.45, 2.75) is 52.1 Å². The number of pyridine rings is 2. The number of nitrogens with zero attached hydrogens (tertiary/aromatic N) is 2. The number of aromatic nitrogens is 2. The van der Waals surface area contributed by atoms with Crippen LogP contribution in [0.2, 0.25) is 0 Å². The van der Waals surface area contributed by atoms with Gasteiger partial charge in [0.2, 0.25) is 0 Å². The van der Waals surface area contributed by atoms with E-state index in [-0.39, 0.29) is 52.3 Å². The first-order valence-corrected chi connectivity index (χ1v) is 13.1. The van der Waals surface area contributed by atoms with Gasteiger partial charge in [0, 0.05) is 88.7 Å². The maximum atomic E-state index is 13.2. The van der Waals surface area contributed by atoms with E-state index < -0.39 is 59.5 Å².